The van der Waals surface area contributed by atoms with Crippen LogP contribution in [-0.2, 0) is 5.75 Å². The molecule has 0 radical (unpaired) electrons. The fourth-order valence-electron chi connectivity index (χ4n) is 3.91. The summed E-state index contributed by atoms with van der Waals surface area (Å²) in [6.45, 7) is 0. The molecule has 0 spiro atoms. The number of rotatable bonds is 6. The van der Waals surface area contributed by atoms with Gasteiger partial charge in [-0.15, -0.1) is 0 Å². The molecule has 3 N–H and O–H groups in total. The highest BCUT2D eigenvalue weighted by atomic mass is 32.2. The summed E-state index contributed by atoms with van der Waals surface area (Å²) in [6.07, 6.45) is 4.63. The quantitative estimate of drug-likeness (QED) is 0.520. The average Bonchev–Trinajstić information content (AvgIpc) is 2.85. The van der Waals surface area contributed by atoms with Gasteiger partial charge in [0.2, 0.25) is 0 Å². The number of anilines is 1. The largest absolute Gasteiger partial charge is 0.488 e. The van der Waals surface area contributed by atoms with E-state index in [9.17, 15) is 15.6 Å². The van der Waals surface area contributed by atoms with Crippen molar-refractivity contribution in [1.82, 2.24) is 9.97 Å². The zero-order chi connectivity index (χ0) is 23.2. The molecule has 0 saturated heterocycles. The van der Waals surface area contributed by atoms with Crippen molar-refractivity contribution in [3.63, 3.8) is 0 Å². The molecule has 0 aliphatic heterocycles. The summed E-state index contributed by atoms with van der Waals surface area (Å²) < 4.78 is 5.98. The number of nitrogens with two attached hydrogens (primary N) is 1. The zero-order valence-corrected chi connectivity index (χ0v) is 18.8. The van der Waals surface area contributed by atoms with E-state index in [1.807, 2.05) is 18.2 Å². The fraction of sp³-hybridized carbons (Fsp3) is 0.280. The molecule has 1 fully saturated rings. The minimum absolute atomic E-state index is 0.0840. The number of nitrogen functional groups attached to an aromatic ring is 1. The number of nitrogens with zero attached hydrogens (tertiary/aromatic N) is 4. The van der Waals surface area contributed by atoms with Crippen molar-refractivity contribution in [1.29, 1.82) is 10.5 Å². The number of aliphatic hydroxyl groups is 1. The third kappa shape index (κ3) is 5.09. The van der Waals surface area contributed by atoms with Gasteiger partial charge < -0.3 is 15.6 Å². The van der Waals surface area contributed by atoms with Crippen LogP contribution in [0.2, 0.25) is 0 Å². The van der Waals surface area contributed by atoms with Crippen LogP contribution >= 0.6 is 11.8 Å². The highest BCUT2D eigenvalue weighted by Crippen LogP contribution is 2.37. The van der Waals surface area contributed by atoms with E-state index in [-0.39, 0.29) is 17.5 Å². The first-order valence-electron chi connectivity index (χ1n) is 10.7. The standard InChI is InChI=1S/C25H23N5O2S/c26-13-19-23(16-8-10-18(11-9-16)32-22-7-2-1-6-21(22)31)20(14-27)25(30-24(19)28)33-15-17-5-3-4-12-29-17/h3-5,8-12,21-22,31H,1-2,6-7,15H2,(H2,28,30)/t21-,22-/m0/s1. The summed E-state index contributed by atoms with van der Waals surface area (Å²) in [7, 11) is 0. The van der Waals surface area contributed by atoms with Crippen LogP contribution in [0.4, 0.5) is 5.82 Å². The van der Waals surface area contributed by atoms with Crippen LogP contribution in [0.25, 0.3) is 11.1 Å². The van der Waals surface area contributed by atoms with Gasteiger partial charge in [-0.25, -0.2) is 4.98 Å². The normalized spacial score (nSPS) is 17.7. The number of ether oxygens (including phenoxy) is 1. The van der Waals surface area contributed by atoms with Crippen LogP contribution in [0.3, 0.4) is 0 Å². The summed E-state index contributed by atoms with van der Waals surface area (Å²) in [4.78, 5) is 8.64. The molecular formula is C25H23N5O2S. The van der Waals surface area contributed by atoms with Crippen molar-refractivity contribution < 1.29 is 9.84 Å². The lowest BCUT2D eigenvalue weighted by Gasteiger charge is -2.28. The van der Waals surface area contributed by atoms with Crippen LogP contribution in [0.1, 0.15) is 42.5 Å². The maximum Gasteiger partial charge on any atom is 0.143 e. The van der Waals surface area contributed by atoms with E-state index in [2.05, 4.69) is 22.1 Å². The van der Waals surface area contributed by atoms with Crippen LogP contribution in [0, 0.1) is 22.7 Å². The predicted octanol–water partition coefficient (Wildman–Crippen LogP) is 4.44. The lowest BCUT2D eigenvalue weighted by Crippen LogP contribution is -2.34. The van der Waals surface area contributed by atoms with Gasteiger partial charge in [0.05, 0.1) is 17.4 Å². The Hall–Kier alpha value is -3.59. The lowest BCUT2D eigenvalue weighted by molar-refractivity contribution is 0.00688. The molecule has 0 amide bonds. The average molecular weight is 458 g/mol. The molecule has 1 aliphatic rings. The van der Waals surface area contributed by atoms with Gasteiger partial charge in [-0.3, -0.25) is 4.98 Å². The molecule has 166 valence electrons. The number of nitriles is 2. The maximum absolute atomic E-state index is 10.2. The molecule has 3 aromatic rings. The molecular weight excluding hydrogens is 434 g/mol. The van der Waals surface area contributed by atoms with Crippen LogP contribution in [-0.4, -0.2) is 27.3 Å². The van der Waals surface area contributed by atoms with Gasteiger partial charge in [-0.1, -0.05) is 36.4 Å². The highest BCUT2D eigenvalue weighted by Gasteiger charge is 2.25. The van der Waals surface area contributed by atoms with E-state index in [1.54, 1.807) is 30.5 Å². The molecule has 1 aliphatic carbocycles. The van der Waals surface area contributed by atoms with E-state index in [4.69, 9.17) is 10.5 Å². The SMILES string of the molecule is N#Cc1c(N)nc(SCc2ccccn2)c(C#N)c1-c1ccc(O[C@H]2CCCC[C@@H]2O)cc1. The first-order chi connectivity index (χ1) is 16.1. The molecule has 2 atom stereocenters. The van der Waals surface area contributed by atoms with Crippen molar-refractivity contribution in [3.8, 4) is 29.0 Å². The monoisotopic (exact) mass is 457 g/mol. The number of hydrogen-bond acceptors (Lipinski definition) is 8. The number of benzene rings is 1. The lowest BCUT2D eigenvalue weighted by atomic mass is 9.94. The minimum Gasteiger partial charge on any atom is -0.488 e. The van der Waals surface area contributed by atoms with E-state index in [0.29, 0.717) is 33.2 Å². The van der Waals surface area contributed by atoms with Gasteiger partial charge in [0.15, 0.2) is 0 Å². The second-order valence-electron chi connectivity index (χ2n) is 7.79. The van der Waals surface area contributed by atoms with Crippen molar-refractivity contribution >= 4 is 17.6 Å². The number of hydrogen-bond donors (Lipinski definition) is 2. The van der Waals surface area contributed by atoms with Crippen molar-refractivity contribution in [2.45, 2.75) is 48.7 Å². The van der Waals surface area contributed by atoms with Crippen molar-refractivity contribution in [2.75, 3.05) is 5.73 Å². The summed E-state index contributed by atoms with van der Waals surface area (Å²) in [6, 6.07) is 17.1. The van der Waals surface area contributed by atoms with E-state index >= 15 is 0 Å². The smallest absolute Gasteiger partial charge is 0.143 e. The molecule has 33 heavy (non-hydrogen) atoms. The van der Waals surface area contributed by atoms with Gasteiger partial charge in [-0.2, -0.15) is 10.5 Å². The molecule has 0 unspecified atom stereocenters. The molecule has 1 saturated carbocycles. The van der Waals surface area contributed by atoms with Gasteiger partial charge in [-0.05, 0) is 49.1 Å². The molecule has 4 rings (SSSR count). The van der Waals surface area contributed by atoms with Crippen LogP contribution in [0.5, 0.6) is 5.75 Å². The van der Waals surface area contributed by atoms with E-state index in [0.717, 1.165) is 31.4 Å². The number of aliphatic hydroxyl groups excluding tert-OH is 1. The summed E-state index contributed by atoms with van der Waals surface area (Å²) in [5, 5.41) is 30.3. The molecule has 1 aromatic carbocycles. The Bertz CT molecular complexity index is 1200. The summed E-state index contributed by atoms with van der Waals surface area (Å²) in [5.41, 5.74) is 8.57. The van der Waals surface area contributed by atoms with Gasteiger partial charge in [0.25, 0.3) is 0 Å². The van der Waals surface area contributed by atoms with Gasteiger partial charge >= 0.3 is 0 Å². The summed E-state index contributed by atoms with van der Waals surface area (Å²) >= 11 is 1.36. The Kier molecular flexibility index (Phi) is 7.09. The topological polar surface area (TPSA) is 129 Å². The summed E-state index contributed by atoms with van der Waals surface area (Å²) in [5.74, 6) is 1.23. The Morgan fingerprint density at radius 2 is 1.82 bits per heavy atom. The van der Waals surface area contributed by atoms with Gasteiger partial charge in [0, 0.05) is 17.5 Å². The second-order valence-corrected chi connectivity index (χ2v) is 8.76. The highest BCUT2D eigenvalue weighted by molar-refractivity contribution is 7.98. The Morgan fingerprint density at radius 3 is 2.48 bits per heavy atom. The number of aromatic nitrogens is 2. The van der Waals surface area contributed by atoms with Crippen molar-refractivity contribution in [3.05, 3.63) is 65.5 Å². The van der Waals surface area contributed by atoms with Crippen LogP contribution < -0.4 is 10.5 Å². The number of pyridine rings is 2. The third-order valence-corrected chi connectivity index (χ3v) is 6.61. The zero-order valence-electron chi connectivity index (χ0n) is 17.9. The number of thioether (sulfide) groups is 1. The third-order valence-electron chi connectivity index (χ3n) is 5.60. The van der Waals surface area contributed by atoms with Gasteiger partial charge in [0.1, 0.15) is 40.4 Å². The Labute approximate surface area is 196 Å². The van der Waals surface area contributed by atoms with E-state index in [1.165, 1.54) is 11.8 Å². The molecule has 7 nitrogen and oxygen atoms in total. The first-order valence-corrected chi connectivity index (χ1v) is 11.7. The fourth-order valence-corrected chi connectivity index (χ4v) is 4.82. The van der Waals surface area contributed by atoms with E-state index < -0.39 is 6.10 Å². The Morgan fingerprint density at radius 1 is 1.06 bits per heavy atom. The van der Waals surface area contributed by atoms with Crippen molar-refractivity contribution in [2.24, 2.45) is 0 Å². The molecule has 2 aromatic heterocycles. The molecule has 8 heteroatoms. The maximum atomic E-state index is 10.2. The Balaban J connectivity index is 1.65. The predicted molar refractivity (Wildman–Crippen MR) is 126 cm³/mol. The first kappa shape index (κ1) is 22.6. The van der Waals surface area contributed by atoms with Crippen LogP contribution in [0.15, 0.2) is 53.7 Å². The minimum atomic E-state index is -0.465. The molecule has 0 bridgehead atoms. The molecule has 2 heterocycles. The second kappa shape index (κ2) is 10.4.